The number of benzene rings is 1. The maximum Gasteiger partial charge on any atom is 0.151 e. The Kier molecular flexibility index (Phi) is 3.49. The molecule has 5 heteroatoms. The first-order valence-electron chi connectivity index (χ1n) is 7.38. The van der Waals surface area contributed by atoms with Crippen molar-refractivity contribution in [2.45, 2.75) is 33.4 Å². The Morgan fingerprint density at radius 3 is 2.81 bits per heavy atom. The van der Waals surface area contributed by atoms with Crippen LogP contribution < -0.4 is 15.4 Å². The summed E-state index contributed by atoms with van der Waals surface area (Å²) in [4.78, 5) is 2.27. The molecular formula is C16H22N4O. The van der Waals surface area contributed by atoms with E-state index in [2.05, 4.69) is 29.9 Å². The number of nitrogens with two attached hydrogens (primary N) is 1. The predicted molar refractivity (Wildman–Crippen MR) is 84.7 cm³/mol. The zero-order valence-electron chi connectivity index (χ0n) is 12.8. The quantitative estimate of drug-likeness (QED) is 0.922. The van der Waals surface area contributed by atoms with Crippen molar-refractivity contribution in [1.82, 2.24) is 9.78 Å². The van der Waals surface area contributed by atoms with E-state index < -0.39 is 0 Å². The second-order valence-corrected chi connectivity index (χ2v) is 5.74. The van der Waals surface area contributed by atoms with Crippen LogP contribution in [-0.4, -0.2) is 22.9 Å². The summed E-state index contributed by atoms with van der Waals surface area (Å²) in [6, 6.07) is 8.45. The van der Waals surface area contributed by atoms with E-state index in [9.17, 15) is 0 Å². The predicted octanol–water partition coefficient (Wildman–Crippen LogP) is 2.75. The molecule has 0 unspecified atom stereocenters. The van der Waals surface area contributed by atoms with Gasteiger partial charge in [0.05, 0.1) is 17.9 Å². The lowest BCUT2D eigenvalue weighted by atomic mass is 10.2. The number of nitrogens with zero attached hydrogens (tertiary/aromatic N) is 3. The van der Waals surface area contributed by atoms with Gasteiger partial charge in [-0.1, -0.05) is 18.2 Å². The van der Waals surface area contributed by atoms with Crippen LogP contribution in [0.3, 0.4) is 0 Å². The van der Waals surface area contributed by atoms with E-state index >= 15 is 0 Å². The molecule has 0 fully saturated rings. The summed E-state index contributed by atoms with van der Waals surface area (Å²) in [7, 11) is 0. The number of ether oxygens (including phenoxy) is 1. The monoisotopic (exact) mass is 286 g/mol. The molecule has 1 aliphatic rings. The first-order chi connectivity index (χ1) is 10.1. The van der Waals surface area contributed by atoms with Crippen LogP contribution >= 0.6 is 0 Å². The van der Waals surface area contributed by atoms with Gasteiger partial charge in [-0.3, -0.25) is 0 Å². The molecule has 0 saturated carbocycles. The Balaban J connectivity index is 2.01. The molecule has 0 atom stereocenters. The van der Waals surface area contributed by atoms with Crippen LogP contribution in [0.5, 0.6) is 5.75 Å². The first-order valence-corrected chi connectivity index (χ1v) is 7.38. The number of hydrogen-bond donors (Lipinski definition) is 1. The molecule has 2 heterocycles. The lowest BCUT2D eigenvalue weighted by Gasteiger charge is -2.25. The Hall–Kier alpha value is -2.17. The maximum atomic E-state index is 6.28. The summed E-state index contributed by atoms with van der Waals surface area (Å²) in [5.41, 5.74) is 9.11. The molecular weight excluding hydrogens is 264 g/mol. The minimum absolute atomic E-state index is 0.274. The average Bonchev–Trinajstić information content (AvgIpc) is 2.64. The second kappa shape index (κ2) is 5.31. The van der Waals surface area contributed by atoms with Crippen LogP contribution in [0.15, 0.2) is 24.3 Å². The van der Waals surface area contributed by atoms with Crippen LogP contribution in [0.4, 0.5) is 11.5 Å². The largest absolute Gasteiger partial charge is 0.491 e. The van der Waals surface area contributed by atoms with E-state index in [4.69, 9.17) is 10.5 Å². The van der Waals surface area contributed by atoms with Gasteiger partial charge in [0.25, 0.3) is 0 Å². The van der Waals surface area contributed by atoms with Crippen molar-refractivity contribution >= 4 is 11.5 Å². The SMILES string of the molecule is Cc1nn(C(C)C)c(N2CCOc3ccccc3C2)c1N. The third-order valence-electron chi connectivity index (χ3n) is 3.85. The second-order valence-electron chi connectivity index (χ2n) is 5.74. The Labute approximate surface area is 125 Å². The Morgan fingerprint density at radius 2 is 2.05 bits per heavy atom. The molecule has 1 aromatic carbocycles. The van der Waals surface area contributed by atoms with Gasteiger partial charge in [-0.2, -0.15) is 5.10 Å². The van der Waals surface area contributed by atoms with Crippen LogP contribution in [-0.2, 0) is 6.54 Å². The first kappa shape index (κ1) is 13.8. The van der Waals surface area contributed by atoms with Crippen LogP contribution in [0, 0.1) is 6.92 Å². The minimum atomic E-state index is 0.274. The van der Waals surface area contributed by atoms with Gasteiger partial charge in [-0.05, 0) is 26.8 Å². The zero-order valence-corrected chi connectivity index (χ0v) is 12.8. The van der Waals surface area contributed by atoms with E-state index in [0.717, 1.165) is 36.0 Å². The molecule has 0 spiro atoms. The molecule has 0 bridgehead atoms. The van der Waals surface area contributed by atoms with Crippen LogP contribution in [0.25, 0.3) is 0 Å². The normalized spacial score (nSPS) is 14.8. The molecule has 112 valence electrons. The minimum Gasteiger partial charge on any atom is -0.491 e. The summed E-state index contributed by atoms with van der Waals surface area (Å²) >= 11 is 0. The number of rotatable bonds is 2. The van der Waals surface area contributed by atoms with Crippen molar-refractivity contribution in [2.75, 3.05) is 23.8 Å². The van der Waals surface area contributed by atoms with Gasteiger partial charge in [0, 0.05) is 18.2 Å². The third kappa shape index (κ3) is 2.44. The van der Waals surface area contributed by atoms with E-state index in [1.54, 1.807) is 0 Å². The third-order valence-corrected chi connectivity index (χ3v) is 3.85. The highest BCUT2D eigenvalue weighted by atomic mass is 16.5. The number of nitrogen functional groups attached to an aromatic ring is 1. The number of aryl methyl sites for hydroxylation is 1. The lowest BCUT2D eigenvalue weighted by molar-refractivity contribution is 0.331. The highest BCUT2D eigenvalue weighted by Gasteiger charge is 2.23. The summed E-state index contributed by atoms with van der Waals surface area (Å²) in [5, 5.41) is 4.58. The fourth-order valence-electron chi connectivity index (χ4n) is 2.73. The standard InChI is InChI=1S/C16H22N4O/c1-11(2)20-16(15(17)12(3)18-20)19-8-9-21-14-7-5-4-6-13(14)10-19/h4-7,11H,8-10,17H2,1-3H3. The Morgan fingerprint density at radius 1 is 1.29 bits per heavy atom. The van der Waals surface area contributed by atoms with Gasteiger partial charge in [0.1, 0.15) is 12.4 Å². The molecule has 0 saturated heterocycles. The number of anilines is 2. The summed E-state index contributed by atoms with van der Waals surface area (Å²) < 4.78 is 7.85. The number of hydrogen-bond acceptors (Lipinski definition) is 4. The molecule has 1 aliphatic heterocycles. The summed E-state index contributed by atoms with van der Waals surface area (Å²) in [5.74, 6) is 1.97. The molecule has 1 aromatic heterocycles. The van der Waals surface area contributed by atoms with E-state index in [0.29, 0.717) is 6.61 Å². The van der Waals surface area contributed by atoms with Crippen LogP contribution in [0.2, 0.25) is 0 Å². The molecule has 3 rings (SSSR count). The molecule has 21 heavy (non-hydrogen) atoms. The zero-order chi connectivity index (χ0) is 15.0. The van der Waals surface area contributed by atoms with Gasteiger partial charge >= 0.3 is 0 Å². The highest BCUT2D eigenvalue weighted by Crippen LogP contribution is 2.33. The maximum absolute atomic E-state index is 6.28. The van der Waals surface area contributed by atoms with E-state index in [-0.39, 0.29) is 6.04 Å². The molecule has 2 aromatic rings. The highest BCUT2D eigenvalue weighted by molar-refractivity contribution is 5.67. The van der Waals surface area contributed by atoms with Gasteiger partial charge < -0.3 is 15.4 Å². The topological polar surface area (TPSA) is 56.3 Å². The van der Waals surface area contributed by atoms with E-state index in [1.165, 1.54) is 5.56 Å². The lowest BCUT2D eigenvalue weighted by Crippen LogP contribution is -2.29. The summed E-state index contributed by atoms with van der Waals surface area (Å²) in [6.07, 6.45) is 0. The molecule has 0 amide bonds. The number of para-hydroxylation sites is 1. The van der Waals surface area contributed by atoms with Crippen LogP contribution in [0.1, 0.15) is 31.1 Å². The summed E-state index contributed by atoms with van der Waals surface area (Å²) in [6.45, 7) is 8.45. The molecule has 2 N–H and O–H groups in total. The molecule has 0 aliphatic carbocycles. The number of fused-ring (bicyclic) bond motifs is 1. The number of aromatic nitrogens is 2. The van der Waals surface area contributed by atoms with Crippen molar-refractivity contribution in [3.8, 4) is 5.75 Å². The fraction of sp³-hybridized carbons (Fsp3) is 0.438. The molecule has 5 nitrogen and oxygen atoms in total. The van der Waals surface area contributed by atoms with Crippen molar-refractivity contribution in [3.05, 3.63) is 35.5 Å². The van der Waals surface area contributed by atoms with Gasteiger partial charge in [-0.15, -0.1) is 0 Å². The van der Waals surface area contributed by atoms with E-state index in [1.807, 2.05) is 29.8 Å². The van der Waals surface area contributed by atoms with Gasteiger partial charge in [0.2, 0.25) is 0 Å². The smallest absolute Gasteiger partial charge is 0.151 e. The molecule has 0 radical (unpaired) electrons. The average molecular weight is 286 g/mol. The van der Waals surface area contributed by atoms with Gasteiger partial charge in [-0.25, -0.2) is 4.68 Å². The van der Waals surface area contributed by atoms with Crippen molar-refractivity contribution in [1.29, 1.82) is 0 Å². The van der Waals surface area contributed by atoms with Crippen molar-refractivity contribution in [3.63, 3.8) is 0 Å². The Bertz CT molecular complexity index is 648. The van der Waals surface area contributed by atoms with Gasteiger partial charge in [0.15, 0.2) is 5.82 Å². The fourth-order valence-corrected chi connectivity index (χ4v) is 2.73. The van der Waals surface area contributed by atoms with Crippen molar-refractivity contribution in [2.24, 2.45) is 0 Å². The van der Waals surface area contributed by atoms with Crippen molar-refractivity contribution < 1.29 is 4.74 Å².